The third kappa shape index (κ3) is 1.75. The van der Waals surface area contributed by atoms with Gasteiger partial charge < -0.3 is 16.2 Å². The Morgan fingerprint density at radius 1 is 1.54 bits per heavy atom. The number of hydrogen-bond acceptors (Lipinski definition) is 3. The summed E-state index contributed by atoms with van der Waals surface area (Å²) in [6, 6.07) is 3.28. The number of aryl methyl sites for hydroxylation is 1. The van der Waals surface area contributed by atoms with Crippen LogP contribution in [0.25, 0.3) is 5.70 Å². The molecule has 0 unspecified atom stereocenters. The highest BCUT2D eigenvalue weighted by Gasteiger charge is 2.07. The number of hydrogen-bond donors (Lipinski definition) is 3. The Bertz CT molecular complexity index is 345. The summed E-state index contributed by atoms with van der Waals surface area (Å²) in [5.74, 6) is 0.207. The van der Waals surface area contributed by atoms with Crippen LogP contribution in [0.5, 0.6) is 5.75 Å². The molecule has 1 aromatic carbocycles. The molecule has 0 amide bonds. The number of rotatable bonds is 2. The van der Waals surface area contributed by atoms with Gasteiger partial charge in [0.15, 0.2) is 0 Å². The van der Waals surface area contributed by atoms with Crippen LogP contribution in [0.1, 0.15) is 11.1 Å². The van der Waals surface area contributed by atoms with E-state index in [-0.39, 0.29) is 5.75 Å². The zero-order valence-electron chi connectivity index (χ0n) is 7.89. The Morgan fingerprint density at radius 3 is 2.62 bits per heavy atom. The summed E-state index contributed by atoms with van der Waals surface area (Å²) in [6.45, 7) is 5.54. The molecule has 1 rings (SSSR count). The molecule has 3 heteroatoms. The molecule has 0 saturated heterocycles. The van der Waals surface area contributed by atoms with Crippen molar-refractivity contribution in [3.05, 3.63) is 29.8 Å². The van der Waals surface area contributed by atoms with Crippen LogP contribution in [0.3, 0.4) is 0 Å². The van der Waals surface area contributed by atoms with Crippen molar-refractivity contribution >= 4 is 11.4 Å². The standard InChI is InChI=1S/C10H14N2O/c1-6-4-8(13)5-9(7(2)11)10(6)12-3/h4-5,12-13H,2,11H2,1,3H3. The van der Waals surface area contributed by atoms with Crippen molar-refractivity contribution in [3.8, 4) is 5.75 Å². The van der Waals surface area contributed by atoms with Crippen molar-refractivity contribution in [3.63, 3.8) is 0 Å². The molecule has 0 heterocycles. The van der Waals surface area contributed by atoms with Crippen molar-refractivity contribution in [2.45, 2.75) is 6.92 Å². The van der Waals surface area contributed by atoms with Crippen molar-refractivity contribution in [1.29, 1.82) is 0 Å². The number of benzene rings is 1. The van der Waals surface area contributed by atoms with Gasteiger partial charge in [0, 0.05) is 24.0 Å². The van der Waals surface area contributed by atoms with E-state index in [1.807, 2.05) is 14.0 Å². The van der Waals surface area contributed by atoms with Gasteiger partial charge in [-0.2, -0.15) is 0 Å². The molecule has 0 aliphatic rings. The number of nitrogens with two attached hydrogens (primary N) is 1. The molecule has 0 aromatic heterocycles. The van der Waals surface area contributed by atoms with Gasteiger partial charge in [-0.15, -0.1) is 0 Å². The topological polar surface area (TPSA) is 58.3 Å². The molecule has 3 nitrogen and oxygen atoms in total. The summed E-state index contributed by atoms with van der Waals surface area (Å²) in [4.78, 5) is 0. The first-order chi connectivity index (χ1) is 6.06. The number of aromatic hydroxyl groups is 1. The molecule has 4 N–H and O–H groups in total. The maximum atomic E-state index is 9.34. The van der Waals surface area contributed by atoms with E-state index in [2.05, 4.69) is 11.9 Å². The molecule has 0 bridgehead atoms. The Kier molecular flexibility index (Phi) is 2.46. The summed E-state index contributed by atoms with van der Waals surface area (Å²) >= 11 is 0. The van der Waals surface area contributed by atoms with Crippen LogP contribution in [0, 0.1) is 6.92 Å². The molecular weight excluding hydrogens is 164 g/mol. The van der Waals surface area contributed by atoms with Gasteiger partial charge in [0.1, 0.15) is 5.75 Å². The maximum absolute atomic E-state index is 9.34. The van der Waals surface area contributed by atoms with Gasteiger partial charge in [0.2, 0.25) is 0 Å². The fourth-order valence-corrected chi connectivity index (χ4v) is 1.35. The monoisotopic (exact) mass is 178 g/mol. The smallest absolute Gasteiger partial charge is 0.116 e. The number of phenols is 1. The number of nitrogens with one attached hydrogen (secondary N) is 1. The fraction of sp³-hybridized carbons (Fsp3) is 0.200. The predicted molar refractivity (Wildman–Crippen MR) is 55.6 cm³/mol. The Hall–Kier alpha value is -1.64. The molecule has 13 heavy (non-hydrogen) atoms. The van der Waals surface area contributed by atoms with E-state index in [1.165, 1.54) is 0 Å². The molecular formula is C10H14N2O. The molecule has 1 aromatic rings. The highest BCUT2D eigenvalue weighted by atomic mass is 16.3. The van der Waals surface area contributed by atoms with E-state index in [4.69, 9.17) is 5.73 Å². The molecule has 0 spiro atoms. The minimum Gasteiger partial charge on any atom is -0.508 e. The zero-order valence-corrected chi connectivity index (χ0v) is 7.89. The summed E-state index contributed by atoms with van der Waals surface area (Å²) in [7, 11) is 1.81. The summed E-state index contributed by atoms with van der Waals surface area (Å²) < 4.78 is 0. The lowest BCUT2D eigenvalue weighted by atomic mass is 10.1. The molecule has 0 saturated carbocycles. The lowest BCUT2D eigenvalue weighted by molar-refractivity contribution is 0.475. The predicted octanol–water partition coefficient (Wildman–Crippen LogP) is 1.67. The van der Waals surface area contributed by atoms with Crippen LogP contribution in [0.2, 0.25) is 0 Å². The highest BCUT2D eigenvalue weighted by Crippen LogP contribution is 2.28. The van der Waals surface area contributed by atoms with Crippen molar-refractivity contribution < 1.29 is 5.11 Å². The van der Waals surface area contributed by atoms with Gasteiger partial charge in [0.25, 0.3) is 0 Å². The largest absolute Gasteiger partial charge is 0.508 e. The second kappa shape index (κ2) is 3.39. The van der Waals surface area contributed by atoms with Gasteiger partial charge >= 0.3 is 0 Å². The van der Waals surface area contributed by atoms with E-state index in [1.54, 1.807) is 12.1 Å². The van der Waals surface area contributed by atoms with Gasteiger partial charge in [-0.05, 0) is 24.6 Å². The third-order valence-electron chi connectivity index (χ3n) is 1.92. The highest BCUT2D eigenvalue weighted by molar-refractivity contribution is 5.76. The second-order valence-electron chi connectivity index (χ2n) is 2.96. The molecule has 0 aliphatic heterocycles. The van der Waals surface area contributed by atoms with E-state index in [9.17, 15) is 5.11 Å². The fourth-order valence-electron chi connectivity index (χ4n) is 1.35. The van der Waals surface area contributed by atoms with Crippen LogP contribution in [0.4, 0.5) is 5.69 Å². The minimum atomic E-state index is 0.207. The Morgan fingerprint density at radius 2 is 2.15 bits per heavy atom. The van der Waals surface area contributed by atoms with E-state index >= 15 is 0 Å². The molecule has 70 valence electrons. The first-order valence-corrected chi connectivity index (χ1v) is 4.02. The van der Waals surface area contributed by atoms with Crippen LogP contribution in [0.15, 0.2) is 18.7 Å². The number of anilines is 1. The van der Waals surface area contributed by atoms with E-state index in [0.717, 1.165) is 16.8 Å². The molecule has 0 fully saturated rings. The first kappa shape index (κ1) is 9.45. The summed E-state index contributed by atoms with van der Waals surface area (Å²) in [5.41, 5.74) is 8.64. The van der Waals surface area contributed by atoms with Gasteiger partial charge in [-0.3, -0.25) is 0 Å². The minimum absolute atomic E-state index is 0.207. The normalized spacial score (nSPS) is 9.69. The lowest BCUT2D eigenvalue weighted by Crippen LogP contribution is -2.01. The van der Waals surface area contributed by atoms with E-state index < -0.39 is 0 Å². The molecule has 0 atom stereocenters. The van der Waals surface area contributed by atoms with Gasteiger partial charge in [-0.25, -0.2) is 0 Å². The van der Waals surface area contributed by atoms with Crippen LogP contribution < -0.4 is 11.1 Å². The Balaban J connectivity index is 3.38. The first-order valence-electron chi connectivity index (χ1n) is 4.02. The maximum Gasteiger partial charge on any atom is 0.116 e. The van der Waals surface area contributed by atoms with Crippen molar-refractivity contribution in [2.24, 2.45) is 5.73 Å². The van der Waals surface area contributed by atoms with Crippen molar-refractivity contribution in [1.82, 2.24) is 0 Å². The van der Waals surface area contributed by atoms with Crippen LogP contribution in [-0.4, -0.2) is 12.2 Å². The average molecular weight is 178 g/mol. The average Bonchev–Trinajstić information content (AvgIpc) is 2.02. The number of phenolic OH excluding ortho intramolecular Hbond substituents is 1. The second-order valence-corrected chi connectivity index (χ2v) is 2.96. The van der Waals surface area contributed by atoms with E-state index in [0.29, 0.717) is 5.70 Å². The molecule has 0 radical (unpaired) electrons. The summed E-state index contributed by atoms with van der Waals surface area (Å²) in [5, 5.41) is 12.4. The SMILES string of the molecule is C=C(N)c1cc(O)cc(C)c1NC. The van der Waals surface area contributed by atoms with Crippen LogP contribution in [-0.2, 0) is 0 Å². The van der Waals surface area contributed by atoms with Crippen LogP contribution >= 0.6 is 0 Å². The summed E-state index contributed by atoms with van der Waals surface area (Å²) in [6.07, 6.45) is 0. The quantitative estimate of drug-likeness (QED) is 0.604. The van der Waals surface area contributed by atoms with Gasteiger partial charge in [-0.1, -0.05) is 6.58 Å². The van der Waals surface area contributed by atoms with Gasteiger partial charge in [0.05, 0.1) is 0 Å². The molecule has 0 aliphatic carbocycles. The van der Waals surface area contributed by atoms with Crippen molar-refractivity contribution in [2.75, 3.05) is 12.4 Å². The Labute approximate surface area is 77.9 Å². The lowest BCUT2D eigenvalue weighted by Gasteiger charge is -2.12. The zero-order chi connectivity index (χ0) is 10.0. The third-order valence-corrected chi connectivity index (χ3v) is 1.92.